The number of anilines is 2. The molecule has 0 bridgehead atoms. The first-order valence-corrected chi connectivity index (χ1v) is 11.3. The second kappa shape index (κ2) is 7.63. The van der Waals surface area contributed by atoms with Gasteiger partial charge in [0.15, 0.2) is 9.34 Å². The molecule has 4 aromatic heterocycles. The number of methoxy groups -OCH3 is 1. The SMILES string of the molecule is COc1ncc(-c2ccc3ncc(C)c(=O)n3c2)cc1NS(=O)(=O)c1sc(N)nc1C. The number of ether oxygens (including phenoxy) is 1. The van der Waals surface area contributed by atoms with Crippen molar-refractivity contribution in [1.29, 1.82) is 0 Å². The fourth-order valence-electron chi connectivity index (χ4n) is 3.03. The van der Waals surface area contributed by atoms with E-state index in [0.717, 1.165) is 11.3 Å². The topological polar surface area (TPSA) is 142 Å². The Morgan fingerprint density at radius 1 is 1.16 bits per heavy atom. The van der Waals surface area contributed by atoms with Crippen molar-refractivity contribution >= 4 is 37.8 Å². The molecule has 0 unspecified atom stereocenters. The van der Waals surface area contributed by atoms with E-state index in [1.807, 2.05) is 0 Å². The standard InChI is InChI=1S/C19H18N6O4S2/c1-10-7-21-15-5-4-12(9-25(15)17(10)26)13-6-14(16(29-3)22-8-13)24-31(27,28)18-11(2)23-19(20)30-18/h4-9,24H,1-3H3,(H2,20,23). The maximum Gasteiger partial charge on any atom is 0.273 e. The summed E-state index contributed by atoms with van der Waals surface area (Å²) in [6, 6.07) is 5.05. The molecule has 0 radical (unpaired) electrons. The molecule has 0 amide bonds. The van der Waals surface area contributed by atoms with Gasteiger partial charge in [0.1, 0.15) is 11.3 Å². The van der Waals surface area contributed by atoms with Crippen LogP contribution < -0.4 is 20.8 Å². The summed E-state index contributed by atoms with van der Waals surface area (Å²) in [6.07, 6.45) is 4.68. The van der Waals surface area contributed by atoms with Gasteiger partial charge in [-0.05, 0) is 32.0 Å². The number of thiazole rings is 1. The fraction of sp³-hybridized carbons (Fsp3) is 0.158. The van der Waals surface area contributed by atoms with Crippen LogP contribution in [0.1, 0.15) is 11.3 Å². The van der Waals surface area contributed by atoms with Crippen LogP contribution in [0.15, 0.2) is 45.8 Å². The highest BCUT2D eigenvalue weighted by molar-refractivity contribution is 7.94. The van der Waals surface area contributed by atoms with Crippen LogP contribution in [0.5, 0.6) is 5.88 Å². The molecule has 0 aliphatic heterocycles. The van der Waals surface area contributed by atoms with E-state index in [1.54, 1.807) is 38.2 Å². The van der Waals surface area contributed by atoms with Gasteiger partial charge in [-0.25, -0.2) is 23.4 Å². The number of aryl methyl sites for hydroxylation is 2. The van der Waals surface area contributed by atoms with Crippen molar-refractivity contribution in [1.82, 2.24) is 19.4 Å². The van der Waals surface area contributed by atoms with Crippen molar-refractivity contribution in [2.75, 3.05) is 17.6 Å². The van der Waals surface area contributed by atoms with Crippen LogP contribution in [0.3, 0.4) is 0 Å². The summed E-state index contributed by atoms with van der Waals surface area (Å²) in [5.41, 5.74) is 8.13. The van der Waals surface area contributed by atoms with E-state index in [1.165, 1.54) is 23.9 Å². The first-order valence-electron chi connectivity index (χ1n) is 8.98. The zero-order valence-electron chi connectivity index (χ0n) is 16.8. The van der Waals surface area contributed by atoms with Crippen molar-refractivity contribution < 1.29 is 13.2 Å². The Morgan fingerprint density at radius 3 is 2.61 bits per heavy atom. The highest BCUT2D eigenvalue weighted by Gasteiger charge is 2.23. The van der Waals surface area contributed by atoms with Gasteiger partial charge in [-0.15, -0.1) is 0 Å². The third-order valence-electron chi connectivity index (χ3n) is 4.51. The van der Waals surface area contributed by atoms with Crippen LogP contribution in [0.2, 0.25) is 0 Å². The lowest BCUT2D eigenvalue weighted by Crippen LogP contribution is -2.17. The molecule has 12 heteroatoms. The number of fused-ring (bicyclic) bond motifs is 1. The van der Waals surface area contributed by atoms with E-state index in [9.17, 15) is 13.2 Å². The van der Waals surface area contributed by atoms with Crippen molar-refractivity contribution in [3.05, 3.63) is 58.4 Å². The number of hydrogen-bond acceptors (Lipinski definition) is 9. The number of nitrogen functional groups attached to an aromatic ring is 1. The number of hydrogen-bond donors (Lipinski definition) is 2. The number of nitrogens with two attached hydrogens (primary N) is 1. The number of nitrogens with zero attached hydrogens (tertiary/aromatic N) is 4. The van der Waals surface area contributed by atoms with Crippen molar-refractivity contribution in [3.8, 4) is 17.0 Å². The third kappa shape index (κ3) is 3.82. The molecule has 160 valence electrons. The number of rotatable bonds is 5. The summed E-state index contributed by atoms with van der Waals surface area (Å²) in [7, 11) is -2.57. The molecule has 10 nitrogen and oxygen atoms in total. The van der Waals surface area contributed by atoms with Gasteiger partial charge in [0.25, 0.3) is 15.6 Å². The van der Waals surface area contributed by atoms with Gasteiger partial charge in [0.05, 0.1) is 12.8 Å². The maximum atomic E-state index is 12.9. The predicted molar refractivity (Wildman–Crippen MR) is 118 cm³/mol. The molecule has 0 saturated heterocycles. The van der Waals surface area contributed by atoms with Crippen molar-refractivity contribution in [2.45, 2.75) is 18.1 Å². The van der Waals surface area contributed by atoms with E-state index < -0.39 is 10.0 Å². The van der Waals surface area contributed by atoms with Crippen LogP contribution >= 0.6 is 11.3 Å². The zero-order valence-corrected chi connectivity index (χ0v) is 18.4. The summed E-state index contributed by atoms with van der Waals surface area (Å²) in [5, 5.41) is 0.155. The predicted octanol–water partition coefficient (Wildman–Crippen LogP) is 2.22. The molecule has 31 heavy (non-hydrogen) atoms. The first kappa shape index (κ1) is 20.8. The van der Waals surface area contributed by atoms with Gasteiger partial charge in [0, 0.05) is 35.3 Å². The highest BCUT2D eigenvalue weighted by atomic mass is 32.2. The van der Waals surface area contributed by atoms with Gasteiger partial charge in [-0.3, -0.25) is 13.9 Å². The van der Waals surface area contributed by atoms with Crippen LogP contribution in [0.25, 0.3) is 16.8 Å². The number of sulfonamides is 1. The van der Waals surface area contributed by atoms with Gasteiger partial charge in [-0.2, -0.15) is 0 Å². The van der Waals surface area contributed by atoms with Gasteiger partial charge in [0.2, 0.25) is 5.88 Å². The fourth-order valence-corrected chi connectivity index (χ4v) is 5.38. The van der Waals surface area contributed by atoms with Crippen LogP contribution in [0.4, 0.5) is 10.8 Å². The van der Waals surface area contributed by atoms with E-state index in [-0.39, 0.29) is 26.5 Å². The average Bonchev–Trinajstić information content (AvgIpc) is 3.09. The lowest BCUT2D eigenvalue weighted by molar-refractivity contribution is 0.400. The van der Waals surface area contributed by atoms with Crippen LogP contribution in [-0.2, 0) is 10.0 Å². The first-order chi connectivity index (χ1) is 14.7. The van der Waals surface area contributed by atoms with Crippen LogP contribution in [-0.4, -0.2) is 34.9 Å². The Bertz CT molecular complexity index is 1480. The number of nitrogens with one attached hydrogen (secondary N) is 1. The second-order valence-corrected chi connectivity index (χ2v) is 9.61. The minimum atomic E-state index is -3.96. The average molecular weight is 459 g/mol. The molecule has 0 aliphatic carbocycles. The monoisotopic (exact) mass is 458 g/mol. The molecule has 0 aromatic carbocycles. The molecule has 0 aliphatic rings. The molecule has 4 heterocycles. The Hall–Kier alpha value is -3.51. The molecule has 4 aromatic rings. The normalized spacial score (nSPS) is 11.6. The Balaban J connectivity index is 1.80. The Kier molecular flexibility index (Phi) is 5.11. The Labute approximate surface area is 181 Å². The summed E-state index contributed by atoms with van der Waals surface area (Å²) >= 11 is 0.869. The number of pyridine rings is 2. The minimum absolute atomic E-state index is 0.0104. The van der Waals surface area contributed by atoms with Crippen molar-refractivity contribution in [2.24, 2.45) is 0 Å². The molecule has 3 N–H and O–H groups in total. The lowest BCUT2D eigenvalue weighted by Gasteiger charge is -2.12. The lowest BCUT2D eigenvalue weighted by atomic mass is 10.1. The summed E-state index contributed by atoms with van der Waals surface area (Å²) in [6.45, 7) is 3.25. The van der Waals surface area contributed by atoms with Gasteiger partial charge >= 0.3 is 0 Å². The molecule has 4 rings (SSSR count). The Morgan fingerprint density at radius 2 is 1.94 bits per heavy atom. The maximum absolute atomic E-state index is 12.9. The van der Waals surface area contributed by atoms with E-state index in [4.69, 9.17) is 10.5 Å². The largest absolute Gasteiger partial charge is 0.480 e. The minimum Gasteiger partial charge on any atom is -0.480 e. The molecular formula is C19H18N6O4S2. The zero-order chi connectivity index (χ0) is 22.3. The molecular weight excluding hydrogens is 440 g/mol. The quantitative estimate of drug-likeness (QED) is 0.464. The summed E-state index contributed by atoms with van der Waals surface area (Å²) in [4.78, 5) is 24.8. The summed E-state index contributed by atoms with van der Waals surface area (Å²) < 4.78 is 34.9. The summed E-state index contributed by atoms with van der Waals surface area (Å²) in [5.74, 6) is 0.0953. The molecule has 0 saturated carbocycles. The molecule has 0 spiro atoms. The van der Waals surface area contributed by atoms with Gasteiger partial charge < -0.3 is 10.5 Å². The smallest absolute Gasteiger partial charge is 0.273 e. The van der Waals surface area contributed by atoms with E-state index in [0.29, 0.717) is 28.0 Å². The second-order valence-electron chi connectivity index (χ2n) is 6.70. The highest BCUT2D eigenvalue weighted by Crippen LogP contribution is 2.32. The van der Waals surface area contributed by atoms with Crippen LogP contribution in [0, 0.1) is 13.8 Å². The van der Waals surface area contributed by atoms with E-state index in [2.05, 4.69) is 19.7 Å². The molecule has 0 atom stereocenters. The molecule has 0 fully saturated rings. The number of aromatic nitrogens is 4. The third-order valence-corrected chi connectivity index (χ3v) is 7.47. The van der Waals surface area contributed by atoms with E-state index >= 15 is 0 Å². The van der Waals surface area contributed by atoms with Gasteiger partial charge in [-0.1, -0.05) is 11.3 Å². The van der Waals surface area contributed by atoms with Crippen molar-refractivity contribution in [3.63, 3.8) is 0 Å².